The molecule has 1 aliphatic rings. The summed E-state index contributed by atoms with van der Waals surface area (Å²) in [5.41, 5.74) is 12.1. The molecule has 0 heterocycles. The van der Waals surface area contributed by atoms with Crippen LogP contribution in [0.5, 0.6) is 0 Å². The average Bonchev–Trinajstić information content (AvgIpc) is 2.78. The highest BCUT2D eigenvalue weighted by molar-refractivity contribution is 6.08. The lowest BCUT2D eigenvalue weighted by molar-refractivity contribution is -0.129. The minimum Gasteiger partial charge on any atom is -0.396 e. The molecular weight excluding hydrogens is 410 g/mol. The molecule has 2 rings (SSSR count). The average molecular weight is 456 g/mol. The largest absolute Gasteiger partial charge is 0.396 e. The molecule has 5 nitrogen and oxygen atoms in total. The third-order valence-electron chi connectivity index (χ3n) is 6.25. The molecule has 0 atom stereocenters. The summed E-state index contributed by atoms with van der Waals surface area (Å²) in [6, 6.07) is 6.38. The summed E-state index contributed by atoms with van der Waals surface area (Å²) in [5, 5.41) is 0. The molecule has 1 aromatic rings. The predicted octanol–water partition coefficient (Wildman–Crippen LogP) is 5.70. The zero-order valence-electron chi connectivity index (χ0n) is 22.0. The van der Waals surface area contributed by atoms with E-state index in [4.69, 9.17) is 5.73 Å². The predicted molar refractivity (Wildman–Crippen MR) is 140 cm³/mol. The van der Waals surface area contributed by atoms with E-state index in [0.717, 1.165) is 62.9 Å². The van der Waals surface area contributed by atoms with Gasteiger partial charge in [-0.05, 0) is 87.5 Å². The Labute approximate surface area is 201 Å². The summed E-state index contributed by atoms with van der Waals surface area (Å²) in [6.45, 7) is 16.0. The molecule has 1 fully saturated rings. The molecule has 1 amide bonds. The molecule has 2 N–H and O–H groups in total. The van der Waals surface area contributed by atoms with Crippen molar-refractivity contribution in [3.63, 3.8) is 0 Å². The molecule has 1 saturated carbocycles. The first-order chi connectivity index (χ1) is 15.6. The maximum atomic E-state index is 12.5. The maximum absolute atomic E-state index is 12.5. The monoisotopic (exact) mass is 455 g/mol. The smallest absolute Gasteiger partial charge is 0.244 e. The molecule has 0 spiro atoms. The van der Waals surface area contributed by atoms with Gasteiger partial charge in [-0.2, -0.15) is 0 Å². The number of aryl methyl sites for hydroxylation is 2. The molecule has 184 valence electrons. The van der Waals surface area contributed by atoms with Crippen molar-refractivity contribution in [3.8, 4) is 0 Å². The fourth-order valence-corrected chi connectivity index (χ4v) is 3.77. The minimum absolute atomic E-state index is 0.0660. The number of ketones is 1. The van der Waals surface area contributed by atoms with Crippen LogP contribution in [0.15, 0.2) is 34.5 Å². The van der Waals surface area contributed by atoms with Crippen LogP contribution in [0.1, 0.15) is 82.9 Å². The Morgan fingerprint density at radius 3 is 2.18 bits per heavy atom. The number of rotatable bonds is 8. The highest BCUT2D eigenvalue weighted by atomic mass is 16.2. The normalized spacial score (nSPS) is 16.3. The molecule has 0 radical (unpaired) electrons. The molecule has 1 aromatic carbocycles. The van der Waals surface area contributed by atoms with Crippen LogP contribution in [0.2, 0.25) is 0 Å². The van der Waals surface area contributed by atoms with Crippen molar-refractivity contribution in [1.29, 1.82) is 0 Å². The van der Waals surface area contributed by atoms with Crippen molar-refractivity contribution >= 4 is 17.4 Å². The van der Waals surface area contributed by atoms with E-state index in [1.54, 1.807) is 0 Å². The Bertz CT molecular complexity index is 832. The van der Waals surface area contributed by atoms with Crippen molar-refractivity contribution in [3.05, 3.63) is 46.2 Å². The molecule has 0 aromatic heterocycles. The highest BCUT2D eigenvalue weighted by Crippen LogP contribution is 2.23. The van der Waals surface area contributed by atoms with Crippen molar-refractivity contribution in [2.75, 3.05) is 19.6 Å². The first-order valence-corrected chi connectivity index (χ1v) is 12.4. The molecule has 33 heavy (non-hydrogen) atoms. The van der Waals surface area contributed by atoms with Crippen LogP contribution in [-0.4, -0.2) is 41.9 Å². The fraction of sp³-hybridized carbons (Fsp3) is 0.607. The molecule has 5 heteroatoms. The van der Waals surface area contributed by atoms with Gasteiger partial charge >= 0.3 is 0 Å². The lowest BCUT2D eigenvalue weighted by atomic mass is 9.90. The number of allylic oxidation sites excluding steroid dienone is 2. The van der Waals surface area contributed by atoms with Crippen LogP contribution in [0.4, 0.5) is 0 Å². The molecule has 0 unspecified atom stereocenters. The number of nitrogens with zero attached hydrogens (tertiary/aromatic N) is 2. The number of amides is 1. The van der Waals surface area contributed by atoms with Gasteiger partial charge in [-0.1, -0.05) is 39.0 Å². The first-order valence-electron chi connectivity index (χ1n) is 12.4. The number of Topliss-reactive ketones (excluding diaryl/α,β-unsaturated/α-hetero) is 1. The Balaban J connectivity index is 0.000000502. The molecule has 1 aliphatic carbocycles. The van der Waals surface area contributed by atoms with Crippen LogP contribution < -0.4 is 5.73 Å². The summed E-state index contributed by atoms with van der Waals surface area (Å²) < 4.78 is 0. The third-order valence-corrected chi connectivity index (χ3v) is 6.25. The van der Waals surface area contributed by atoms with Crippen LogP contribution in [0.3, 0.4) is 0 Å². The van der Waals surface area contributed by atoms with Gasteiger partial charge in [0.05, 0.1) is 5.70 Å². The summed E-state index contributed by atoms with van der Waals surface area (Å²) in [6.07, 6.45) is 5.59. The summed E-state index contributed by atoms with van der Waals surface area (Å²) in [5.74, 6) is 0.526. The standard InChI is InChI=1S/C19H33N3O2.C9H12/c1-5-11-22(12-10-14(2)3)18(24)13-21-17-9-7-6-8-16(17)19(20)15(4)23;1-7-5-4-6-8(2)9(7)3/h14H,5-13,20H2,1-4H3;4-6H,1-3H3/b19-16-,21-17?;. The van der Waals surface area contributed by atoms with E-state index in [9.17, 15) is 9.59 Å². The second-order valence-corrected chi connectivity index (χ2v) is 9.50. The number of carbonyl (C=O) groups excluding carboxylic acids is 2. The van der Waals surface area contributed by atoms with Gasteiger partial charge in [0.1, 0.15) is 6.54 Å². The lowest BCUT2D eigenvalue weighted by Crippen LogP contribution is -2.35. The van der Waals surface area contributed by atoms with Crippen LogP contribution in [-0.2, 0) is 9.59 Å². The van der Waals surface area contributed by atoms with E-state index in [-0.39, 0.29) is 18.2 Å². The van der Waals surface area contributed by atoms with Crippen LogP contribution >= 0.6 is 0 Å². The van der Waals surface area contributed by atoms with Gasteiger partial charge in [-0.3, -0.25) is 14.6 Å². The number of hydrogen-bond acceptors (Lipinski definition) is 4. The summed E-state index contributed by atoms with van der Waals surface area (Å²) in [7, 11) is 0. The Hall–Kier alpha value is -2.43. The maximum Gasteiger partial charge on any atom is 0.244 e. The molecule has 0 aliphatic heterocycles. The topological polar surface area (TPSA) is 75.8 Å². The van der Waals surface area contributed by atoms with Crippen molar-refractivity contribution in [2.24, 2.45) is 16.6 Å². The van der Waals surface area contributed by atoms with E-state index >= 15 is 0 Å². The van der Waals surface area contributed by atoms with Gasteiger partial charge in [0.2, 0.25) is 5.91 Å². The molecule has 0 saturated heterocycles. The van der Waals surface area contributed by atoms with Crippen LogP contribution in [0, 0.1) is 26.7 Å². The van der Waals surface area contributed by atoms with E-state index in [1.807, 2.05) is 4.90 Å². The van der Waals surface area contributed by atoms with E-state index < -0.39 is 0 Å². The lowest BCUT2D eigenvalue weighted by Gasteiger charge is -2.23. The van der Waals surface area contributed by atoms with Gasteiger partial charge in [0.25, 0.3) is 0 Å². The molecule has 0 bridgehead atoms. The summed E-state index contributed by atoms with van der Waals surface area (Å²) in [4.78, 5) is 30.5. The van der Waals surface area contributed by atoms with Crippen molar-refractivity contribution in [1.82, 2.24) is 4.90 Å². The van der Waals surface area contributed by atoms with Gasteiger partial charge in [-0.25, -0.2) is 0 Å². The summed E-state index contributed by atoms with van der Waals surface area (Å²) >= 11 is 0. The van der Waals surface area contributed by atoms with E-state index in [0.29, 0.717) is 11.6 Å². The zero-order valence-corrected chi connectivity index (χ0v) is 22.0. The zero-order chi connectivity index (χ0) is 25.0. The van der Waals surface area contributed by atoms with Crippen molar-refractivity contribution < 1.29 is 9.59 Å². The fourth-order valence-electron chi connectivity index (χ4n) is 3.77. The highest BCUT2D eigenvalue weighted by Gasteiger charge is 2.19. The second-order valence-electron chi connectivity index (χ2n) is 9.50. The second kappa shape index (κ2) is 14.7. The van der Waals surface area contributed by atoms with Crippen LogP contribution in [0.25, 0.3) is 0 Å². The number of aliphatic imine (C=N–C) groups is 1. The van der Waals surface area contributed by atoms with Gasteiger partial charge in [0, 0.05) is 25.7 Å². The first kappa shape index (κ1) is 28.6. The van der Waals surface area contributed by atoms with E-state index in [2.05, 4.69) is 64.7 Å². The van der Waals surface area contributed by atoms with Gasteiger partial charge < -0.3 is 10.6 Å². The molecular formula is C28H45N3O2. The van der Waals surface area contributed by atoms with Gasteiger partial charge in [0.15, 0.2) is 5.78 Å². The Morgan fingerprint density at radius 1 is 1.06 bits per heavy atom. The minimum atomic E-state index is -0.115. The van der Waals surface area contributed by atoms with E-state index in [1.165, 1.54) is 23.6 Å². The number of benzene rings is 1. The number of hydrogen-bond donors (Lipinski definition) is 1. The third kappa shape index (κ3) is 9.93. The van der Waals surface area contributed by atoms with Crippen molar-refractivity contribution in [2.45, 2.75) is 87.0 Å². The SMILES string of the molecule is CCCN(CCC(C)C)C(=O)CN=C1CCCC/C1=C(/N)C(C)=O.Cc1cccc(C)c1C. The van der Waals surface area contributed by atoms with Gasteiger partial charge in [-0.15, -0.1) is 0 Å². The quantitative estimate of drug-likeness (QED) is 0.511. The Kier molecular flexibility index (Phi) is 12.7. The Morgan fingerprint density at radius 2 is 1.67 bits per heavy atom. The number of carbonyl (C=O) groups is 2. The number of nitrogens with two attached hydrogens (primary N) is 1.